The van der Waals surface area contributed by atoms with Crippen molar-refractivity contribution in [3.05, 3.63) is 47.5 Å². The molecule has 0 bridgehead atoms. The van der Waals surface area contributed by atoms with Gasteiger partial charge >= 0.3 is 5.97 Å². The number of hydrogen-bond donors (Lipinski definition) is 2. The predicted molar refractivity (Wildman–Crippen MR) is 77.6 cm³/mol. The van der Waals surface area contributed by atoms with Crippen LogP contribution >= 0.6 is 0 Å². The average Bonchev–Trinajstić information content (AvgIpc) is 2.82. The Morgan fingerprint density at radius 3 is 2.60 bits per heavy atom. The van der Waals surface area contributed by atoms with E-state index in [9.17, 15) is 4.79 Å². The van der Waals surface area contributed by atoms with Gasteiger partial charge in [0.25, 0.3) is 0 Å². The first kappa shape index (κ1) is 14.1. The monoisotopic (exact) mass is 273 g/mol. The topological polar surface area (TPSA) is 67.0 Å². The normalized spacial score (nSPS) is 10.6. The Bertz CT molecular complexity index is 573. The Morgan fingerprint density at radius 2 is 2.05 bits per heavy atom. The molecule has 0 saturated heterocycles. The van der Waals surface area contributed by atoms with Crippen LogP contribution in [-0.4, -0.2) is 22.0 Å². The van der Waals surface area contributed by atoms with Crippen molar-refractivity contribution >= 4 is 11.7 Å². The van der Waals surface area contributed by atoms with Gasteiger partial charge in [-0.05, 0) is 45.0 Å². The van der Waals surface area contributed by atoms with Gasteiger partial charge in [-0.15, -0.1) is 0 Å². The third-order valence-corrected chi connectivity index (χ3v) is 2.86. The Kier molecular flexibility index (Phi) is 4.40. The molecule has 1 aromatic heterocycles. The van der Waals surface area contributed by atoms with E-state index in [1.54, 1.807) is 18.5 Å². The number of rotatable bonds is 5. The van der Waals surface area contributed by atoms with Crippen molar-refractivity contribution in [1.82, 2.24) is 9.97 Å². The first-order valence-electron chi connectivity index (χ1n) is 6.60. The Hall–Kier alpha value is -2.30. The molecule has 2 aromatic rings. The summed E-state index contributed by atoms with van der Waals surface area (Å²) in [7, 11) is 0. The maximum atomic E-state index is 11.7. The summed E-state index contributed by atoms with van der Waals surface area (Å²) in [6.45, 7) is 6.29. The molecule has 106 valence electrons. The second-order valence-electron chi connectivity index (χ2n) is 4.86. The number of hydrogen-bond acceptors (Lipinski definition) is 4. The third-order valence-electron chi connectivity index (χ3n) is 2.86. The van der Waals surface area contributed by atoms with E-state index < -0.39 is 0 Å². The smallest absolute Gasteiger partial charge is 0.338 e. The van der Waals surface area contributed by atoms with E-state index in [0.29, 0.717) is 12.1 Å². The molecule has 0 aliphatic heterocycles. The molecule has 5 heteroatoms. The van der Waals surface area contributed by atoms with Crippen molar-refractivity contribution in [2.45, 2.75) is 33.4 Å². The first-order chi connectivity index (χ1) is 9.56. The number of carbonyl (C=O) groups excluding carboxylic acids is 1. The van der Waals surface area contributed by atoms with Crippen molar-refractivity contribution in [3.8, 4) is 0 Å². The molecule has 1 heterocycles. The van der Waals surface area contributed by atoms with E-state index in [4.69, 9.17) is 4.74 Å². The van der Waals surface area contributed by atoms with Crippen LogP contribution < -0.4 is 5.32 Å². The number of nitrogens with one attached hydrogen (secondary N) is 2. The SMILES string of the molecule is Cc1[nH]cnc1CNc1ccc(C(=O)OC(C)C)cc1. The van der Waals surface area contributed by atoms with E-state index >= 15 is 0 Å². The number of aromatic amines is 1. The molecule has 0 saturated carbocycles. The van der Waals surface area contributed by atoms with Crippen LogP contribution in [0.15, 0.2) is 30.6 Å². The summed E-state index contributed by atoms with van der Waals surface area (Å²) in [5.41, 5.74) is 3.52. The van der Waals surface area contributed by atoms with Gasteiger partial charge < -0.3 is 15.0 Å². The number of esters is 1. The average molecular weight is 273 g/mol. The summed E-state index contributed by atoms with van der Waals surface area (Å²) >= 11 is 0. The summed E-state index contributed by atoms with van der Waals surface area (Å²) in [4.78, 5) is 19.0. The van der Waals surface area contributed by atoms with E-state index in [2.05, 4.69) is 15.3 Å². The number of anilines is 1. The molecule has 0 unspecified atom stereocenters. The zero-order chi connectivity index (χ0) is 14.5. The number of imidazole rings is 1. The number of aromatic nitrogens is 2. The van der Waals surface area contributed by atoms with Crippen molar-refractivity contribution in [2.24, 2.45) is 0 Å². The van der Waals surface area contributed by atoms with E-state index in [0.717, 1.165) is 17.1 Å². The van der Waals surface area contributed by atoms with E-state index in [-0.39, 0.29) is 12.1 Å². The molecule has 20 heavy (non-hydrogen) atoms. The van der Waals surface area contributed by atoms with Gasteiger partial charge in [-0.3, -0.25) is 0 Å². The van der Waals surface area contributed by atoms with E-state index in [1.807, 2.05) is 32.9 Å². The van der Waals surface area contributed by atoms with Crippen LogP contribution in [0.1, 0.15) is 35.6 Å². The number of ether oxygens (including phenoxy) is 1. The highest BCUT2D eigenvalue weighted by Gasteiger charge is 2.08. The summed E-state index contributed by atoms with van der Waals surface area (Å²) in [6.07, 6.45) is 1.57. The molecule has 1 aromatic carbocycles. The number of benzene rings is 1. The van der Waals surface area contributed by atoms with Gasteiger partial charge in [-0.1, -0.05) is 0 Å². The Labute approximate surface area is 118 Å². The summed E-state index contributed by atoms with van der Waals surface area (Å²) in [5, 5.41) is 3.26. The number of nitrogens with zero attached hydrogens (tertiary/aromatic N) is 1. The Morgan fingerprint density at radius 1 is 1.35 bits per heavy atom. The molecule has 0 radical (unpaired) electrons. The molecular formula is C15H19N3O2. The highest BCUT2D eigenvalue weighted by Crippen LogP contribution is 2.13. The second-order valence-corrected chi connectivity index (χ2v) is 4.86. The fourth-order valence-corrected chi connectivity index (χ4v) is 1.76. The minimum Gasteiger partial charge on any atom is -0.459 e. The van der Waals surface area contributed by atoms with Crippen LogP contribution in [0, 0.1) is 6.92 Å². The van der Waals surface area contributed by atoms with Crippen molar-refractivity contribution < 1.29 is 9.53 Å². The molecule has 0 atom stereocenters. The van der Waals surface area contributed by atoms with Crippen molar-refractivity contribution in [1.29, 1.82) is 0 Å². The zero-order valence-corrected chi connectivity index (χ0v) is 11.9. The first-order valence-corrected chi connectivity index (χ1v) is 6.60. The van der Waals surface area contributed by atoms with Crippen LogP contribution in [0.3, 0.4) is 0 Å². The molecule has 0 fully saturated rings. The zero-order valence-electron chi connectivity index (χ0n) is 11.9. The quantitative estimate of drug-likeness (QED) is 0.822. The van der Waals surface area contributed by atoms with Crippen LogP contribution in [0.2, 0.25) is 0 Å². The van der Waals surface area contributed by atoms with Gasteiger partial charge in [-0.25, -0.2) is 9.78 Å². The standard InChI is InChI=1S/C15H19N3O2/c1-10(2)20-15(19)12-4-6-13(7-5-12)16-8-14-11(3)17-9-18-14/h4-7,9-10,16H,8H2,1-3H3,(H,17,18). The lowest BCUT2D eigenvalue weighted by molar-refractivity contribution is 0.0378. The largest absolute Gasteiger partial charge is 0.459 e. The predicted octanol–water partition coefficient (Wildman–Crippen LogP) is 2.90. The van der Waals surface area contributed by atoms with Gasteiger partial charge in [0.05, 0.1) is 30.2 Å². The molecule has 2 N–H and O–H groups in total. The summed E-state index contributed by atoms with van der Waals surface area (Å²) < 4.78 is 5.14. The fourth-order valence-electron chi connectivity index (χ4n) is 1.76. The second kappa shape index (κ2) is 6.23. The summed E-state index contributed by atoms with van der Waals surface area (Å²) in [5.74, 6) is -0.297. The van der Waals surface area contributed by atoms with Crippen LogP contribution in [0.25, 0.3) is 0 Å². The van der Waals surface area contributed by atoms with Gasteiger partial charge in [0.2, 0.25) is 0 Å². The van der Waals surface area contributed by atoms with Crippen LogP contribution in [0.4, 0.5) is 5.69 Å². The highest BCUT2D eigenvalue weighted by molar-refractivity contribution is 5.89. The molecule has 0 spiro atoms. The lowest BCUT2D eigenvalue weighted by Gasteiger charge is -2.09. The molecule has 0 amide bonds. The molecule has 0 aliphatic carbocycles. The lowest BCUT2D eigenvalue weighted by atomic mass is 10.2. The highest BCUT2D eigenvalue weighted by atomic mass is 16.5. The van der Waals surface area contributed by atoms with Crippen molar-refractivity contribution in [3.63, 3.8) is 0 Å². The molecular weight excluding hydrogens is 254 g/mol. The maximum absolute atomic E-state index is 11.7. The van der Waals surface area contributed by atoms with Crippen molar-refractivity contribution in [2.75, 3.05) is 5.32 Å². The Balaban J connectivity index is 1.95. The van der Waals surface area contributed by atoms with Crippen LogP contribution in [0.5, 0.6) is 0 Å². The van der Waals surface area contributed by atoms with Gasteiger partial charge in [0.1, 0.15) is 0 Å². The molecule has 0 aliphatic rings. The number of aryl methyl sites for hydroxylation is 1. The lowest BCUT2D eigenvalue weighted by Crippen LogP contribution is -2.11. The fraction of sp³-hybridized carbons (Fsp3) is 0.333. The van der Waals surface area contributed by atoms with Gasteiger partial charge in [0.15, 0.2) is 0 Å². The number of H-pyrrole nitrogens is 1. The molecule has 5 nitrogen and oxygen atoms in total. The van der Waals surface area contributed by atoms with Gasteiger partial charge in [-0.2, -0.15) is 0 Å². The minimum absolute atomic E-state index is 0.108. The van der Waals surface area contributed by atoms with E-state index in [1.165, 1.54) is 0 Å². The minimum atomic E-state index is -0.297. The van der Waals surface area contributed by atoms with Crippen LogP contribution in [-0.2, 0) is 11.3 Å². The number of carbonyl (C=O) groups is 1. The maximum Gasteiger partial charge on any atom is 0.338 e. The third kappa shape index (κ3) is 3.60. The summed E-state index contributed by atoms with van der Waals surface area (Å²) in [6, 6.07) is 7.23. The van der Waals surface area contributed by atoms with Gasteiger partial charge in [0, 0.05) is 11.4 Å². The molecule has 2 rings (SSSR count).